The van der Waals surface area contributed by atoms with Crippen LogP contribution in [0.2, 0.25) is 0 Å². The Kier molecular flexibility index (Phi) is 35.1. The van der Waals surface area contributed by atoms with E-state index in [9.17, 15) is 19.0 Å². The Hall–Kier alpha value is -2.55. The fourth-order valence-corrected chi connectivity index (χ4v) is 6.22. The highest BCUT2D eigenvalue weighted by molar-refractivity contribution is 7.45. The Morgan fingerprint density at radius 1 is 0.643 bits per heavy atom. The third-order valence-corrected chi connectivity index (χ3v) is 9.86. The molecule has 0 aromatic rings. The van der Waals surface area contributed by atoms with Gasteiger partial charge >= 0.3 is 11.9 Å². The van der Waals surface area contributed by atoms with Gasteiger partial charge in [0.1, 0.15) is 19.8 Å². The number of quaternary nitrogens is 1. The maximum Gasteiger partial charge on any atom is 0.331 e. The summed E-state index contributed by atoms with van der Waals surface area (Å²) in [6.45, 7) is 6.32. The molecule has 0 fully saturated rings. The Balaban J connectivity index is 4.65. The van der Waals surface area contributed by atoms with E-state index in [1.54, 1.807) is 12.2 Å². The highest BCUT2D eigenvalue weighted by Crippen LogP contribution is 2.38. The molecule has 0 aromatic carbocycles. The van der Waals surface area contributed by atoms with Crippen molar-refractivity contribution >= 4 is 19.8 Å². The first-order chi connectivity index (χ1) is 26.8. The molecule has 0 amide bonds. The van der Waals surface area contributed by atoms with Crippen LogP contribution in [0, 0.1) is 5.92 Å². The van der Waals surface area contributed by atoms with Gasteiger partial charge in [-0.2, -0.15) is 0 Å². The number of ether oxygens (including phenoxy) is 2. The number of phosphoric acid groups is 1. The molecule has 0 aromatic heterocycles. The van der Waals surface area contributed by atoms with E-state index in [0.717, 1.165) is 31.6 Å². The van der Waals surface area contributed by atoms with Gasteiger partial charge in [-0.1, -0.05) is 190 Å². The molecule has 9 nitrogen and oxygen atoms in total. The van der Waals surface area contributed by atoms with Crippen LogP contribution in [-0.4, -0.2) is 70.0 Å². The van der Waals surface area contributed by atoms with Gasteiger partial charge in [0, 0.05) is 12.5 Å². The molecule has 10 heteroatoms. The van der Waals surface area contributed by atoms with Crippen molar-refractivity contribution in [3.63, 3.8) is 0 Å². The third-order valence-electron chi connectivity index (χ3n) is 8.90. The SMILES string of the molecule is CCCCCCCCCC=CC=CC=CC=CC=CC=CC(=O)O[C@H](COC(=O)CCCCCCCCCCCCC(C)C)COP(=O)([O-])OCC[N+](C)(C)C. The summed E-state index contributed by atoms with van der Waals surface area (Å²) < 4.78 is 33.6. The minimum absolute atomic E-state index is 0.0606. The normalized spacial score (nSPS) is 14.4. The fraction of sp³-hybridized carbons (Fsp3) is 0.696. The van der Waals surface area contributed by atoms with Crippen molar-refractivity contribution in [3.05, 3.63) is 72.9 Å². The third kappa shape index (κ3) is 41.1. The summed E-state index contributed by atoms with van der Waals surface area (Å²) >= 11 is 0. The average Bonchev–Trinajstić information content (AvgIpc) is 3.13. The summed E-state index contributed by atoms with van der Waals surface area (Å²) in [7, 11) is 1.06. The highest BCUT2D eigenvalue weighted by atomic mass is 31.2. The van der Waals surface area contributed by atoms with Crippen LogP contribution in [0.5, 0.6) is 0 Å². The van der Waals surface area contributed by atoms with Gasteiger partial charge in [-0.05, 0) is 25.2 Å². The zero-order valence-corrected chi connectivity index (χ0v) is 37.1. The van der Waals surface area contributed by atoms with Crippen LogP contribution < -0.4 is 4.89 Å². The summed E-state index contributed by atoms with van der Waals surface area (Å²) in [5.41, 5.74) is 0. The van der Waals surface area contributed by atoms with Crippen molar-refractivity contribution < 1.29 is 42.1 Å². The van der Waals surface area contributed by atoms with Gasteiger partial charge in [0.05, 0.1) is 27.7 Å². The molecule has 56 heavy (non-hydrogen) atoms. The quantitative estimate of drug-likeness (QED) is 0.0152. The number of esters is 2. The summed E-state index contributed by atoms with van der Waals surface area (Å²) in [6, 6.07) is 0. The van der Waals surface area contributed by atoms with Crippen LogP contribution in [0.1, 0.15) is 149 Å². The maximum absolute atomic E-state index is 12.5. The van der Waals surface area contributed by atoms with Gasteiger partial charge in [0.2, 0.25) is 0 Å². The Morgan fingerprint density at radius 3 is 1.70 bits per heavy atom. The van der Waals surface area contributed by atoms with E-state index < -0.39 is 32.5 Å². The van der Waals surface area contributed by atoms with Crippen LogP contribution >= 0.6 is 7.82 Å². The molecule has 1 unspecified atom stereocenters. The number of hydrogen-bond acceptors (Lipinski definition) is 8. The minimum atomic E-state index is -4.67. The molecular formula is C46H80NO8P. The molecule has 2 atom stereocenters. The zero-order chi connectivity index (χ0) is 41.6. The van der Waals surface area contributed by atoms with Crippen LogP contribution in [-0.2, 0) is 32.7 Å². The first kappa shape index (κ1) is 53.5. The van der Waals surface area contributed by atoms with E-state index >= 15 is 0 Å². The first-order valence-corrected chi connectivity index (χ1v) is 23.1. The standard InChI is InChI=1S/C46H80NO8P/c1-7-8-9-10-11-12-13-14-15-16-17-18-19-20-21-26-29-32-35-38-46(49)55-44(42-54-56(50,51)53-40-39-47(4,5)6)41-52-45(48)37-34-31-28-25-23-22-24-27-30-33-36-43(2)3/h15-21,26,29,32,35,38,43-44H,7-14,22-25,27-28,30-31,33-34,36-37,39-42H2,1-6H3/t44-/m1/s1. The zero-order valence-electron chi connectivity index (χ0n) is 36.2. The van der Waals surface area contributed by atoms with Gasteiger partial charge in [-0.3, -0.25) is 9.36 Å². The van der Waals surface area contributed by atoms with Crippen molar-refractivity contribution in [2.24, 2.45) is 5.92 Å². The minimum Gasteiger partial charge on any atom is -0.756 e. The Labute approximate surface area is 342 Å². The van der Waals surface area contributed by atoms with Crippen LogP contribution in [0.4, 0.5) is 0 Å². The number of allylic oxidation sites excluding steroid dienone is 11. The summed E-state index contributed by atoms with van der Waals surface area (Å²) in [5.74, 6) is -0.364. The number of carbonyl (C=O) groups is 2. The van der Waals surface area contributed by atoms with E-state index in [2.05, 4.69) is 32.9 Å². The van der Waals surface area contributed by atoms with Crippen molar-refractivity contribution in [3.8, 4) is 0 Å². The number of unbranched alkanes of at least 4 members (excludes halogenated alkanes) is 16. The molecule has 0 spiro atoms. The predicted octanol–water partition coefficient (Wildman–Crippen LogP) is 11.5. The molecule has 0 aliphatic carbocycles. The molecule has 0 N–H and O–H groups in total. The number of nitrogens with zero attached hydrogens (tertiary/aromatic N) is 1. The lowest BCUT2D eigenvalue weighted by Crippen LogP contribution is -2.37. The molecule has 0 aliphatic heterocycles. The lowest BCUT2D eigenvalue weighted by Gasteiger charge is -2.28. The monoisotopic (exact) mass is 806 g/mol. The van der Waals surface area contributed by atoms with Gasteiger partial charge < -0.3 is 27.9 Å². The first-order valence-electron chi connectivity index (χ1n) is 21.6. The van der Waals surface area contributed by atoms with Crippen molar-refractivity contribution in [1.29, 1.82) is 0 Å². The summed E-state index contributed by atoms with van der Waals surface area (Å²) in [5, 5.41) is 0. The smallest absolute Gasteiger partial charge is 0.331 e. The lowest BCUT2D eigenvalue weighted by atomic mass is 10.0. The number of hydrogen-bond donors (Lipinski definition) is 0. The van der Waals surface area contributed by atoms with Crippen molar-refractivity contribution in [2.75, 3.05) is 47.5 Å². The number of phosphoric ester groups is 1. The van der Waals surface area contributed by atoms with Gasteiger partial charge in [-0.15, -0.1) is 0 Å². The molecule has 0 radical (unpaired) electrons. The Morgan fingerprint density at radius 2 is 1.14 bits per heavy atom. The second-order valence-corrected chi connectivity index (χ2v) is 17.4. The molecular weight excluding hydrogens is 725 g/mol. The second kappa shape index (κ2) is 36.8. The van der Waals surface area contributed by atoms with Crippen molar-refractivity contribution in [1.82, 2.24) is 0 Å². The fourth-order valence-electron chi connectivity index (χ4n) is 5.49. The van der Waals surface area contributed by atoms with E-state index in [4.69, 9.17) is 18.5 Å². The molecule has 0 heterocycles. The van der Waals surface area contributed by atoms with E-state index in [1.165, 1.54) is 102 Å². The molecule has 0 saturated heterocycles. The Bertz CT molecular complexity index is 1200. The average molecular weight is 806 g/mol. The van der Waals surface area contributed by atoms with E-state index in [1.807, 2.05) is 57.6 Å². The maximum atomic E-state index is 12.5. The van der Waals surface area contributed by atoms with Gasteiger partial charge in [-0.25, -0.2) is 4.79 Å². The summed E-state index contributed by atoms with van der Waals surface area (Å²) in [6.07, 6.45) is 44.4. The van der Waals surface area contributed by atoms with Gasteiger partial charge in [0.15, 0.2) is 6.10 Å². The highest BCUT2D eigenvalue weighted by Gasteiger charge is 2.21. The molecule has 0 rings (SSSR count). The van der Waals surface area contributed by atoms with Gasteiger partial charge in [0.25, 0.3) is 7.82 Å². The van der Waals surface area contributed by atoms with E-state index in [-0.39, 0.29) is 19.6 Å². The van der Waals surface area contributed by atoms with Crippen molar-refractivity contribution in [2.45, 2.75) is 155 Å². The van der Waals surface area contributed by atoms with Crippen LogP contribution in [0.3, 0.4) is 0 Å². The van der Waals surface area contributed by atoms with Crippen LogP contribution in [0.25, 0.3) is 0 Å². The predicted molar refractivity (Wildman–Crippen MR) is 231 cm³/mol. The molecule has 0 bridgehead atoms. The largest absolute Gasteiger partial charge is 0.756 e. The molecule has 0 aliphatic rings. The lowest BCUT2D eigenvalue weighted by molar-refractivity contribution is -0.870. The molecule has 0 saturated carbocycles. The van der Waals surface area contributed by atoms with E-state index in [0.29, 0.717) is 17.4 Å². The molecule has 322 valence electrons. The number of rotatable bonds is 37. The number of carbonyl (C=O) groups excluding carboxylic acids is 2. The summed E-state index contributed by atoms with van der Waals surface area (Å²) in [4.78, 5) is 37.3. The number of likely N-dealkylation sites (N-methyl/N-ethyl adjacent to an activating group) is 1. The topological polar surface area (TPSA) is 111 Å². The van der Waals surface area contributed by atoms with Crippen LogP contribution in [0.15, 0.2) is 72.9 Å². The second-order valence-electron chi connectivity index (χ2n) is 16.0.